The molecule has 0 aliphatic heterocycles. The van der Waals surface area contributed by atoms with Gasteiger partial charge in [0.25, 0.3) is 0 Å². The molecular weight excluding hydrogens is 394 g/mol. The van der Waals surface area contributed by atoms with Crippen LogP contribution in [0.5, 0.6) is 11.5 Å². The highest BCUT2D eigenvalue weighted by Gasteiger charge is 2.10. The molecule has 0 saturated carbocycles. The molecule has 0 spiro atoms. The van der Waals surface area contributed by atoms with Gasteiger partial charge >= 0.3 is 6.61 Å². The lowest BCUT2D eigenvalue weighted by atomic mass is 10.1. The van der Waals surface area contributed by atoms with Crippen LogP contribution in [0.3, 0.4) is 0 Å². The highest BCUT2D eigenvalue weighted by molar-refractivity contribution is 5.91. The summed E-state index contributed by atoms with van der Waals surface area (Å²) < 4.78 is 35.9. The molecule has 0 aliphatic rings. The molecule has 156 valence electrons. The van der Waals surface area contributed by atoms with Gasteiger partial charge < -0.3 is 14.8 Å². The molecule has 0 radical (unpaired) electrons. The van der Waals surface area contributed by atoms with Gasteiger partial charge in [0, 0.05) is 12.6 Å². The van der Waals surface area contributed by atoms with Crippen LogP contribution in [0, 0.1) is 0 Å². The van der Waals surface area contributed by atoms with Gasteiger partial charge in [-0.1, -0.05) is 30.3 Å². The first-order chi connectivity index (χ1) is 14.5. The van der Waals surface area contributed by atoms with E-state index in [2.05, 4.69) is 20.1 Å². The van der Waals surface area contributed by atoms with Crippen molar-refractivity contribution in [2.45, 2.75) is 19.7 Å². The number of methoxy groups -OCH3 is 1. The number of aromatic nitrogens is 3. The maximum Gasteiger partial charge on any atom is 0.387 e. The Balaban J connectivity index is 1.52. The van der Waals surface area contributed by atoms with Crippen LogP contribution in [0.25, 0.3) is 6.08 Å². The minimum absolute atomic E-state index is 0.0682. The largest absolute Gasteiger partial charge is 0.493 e. The third-order valence-electron chi connectivity index (χ3n) is 4.13. The maximum atomic E-state index is 12.4. The van der Waals surface area contributed by atoms with E-state index in [1.807, 2.05) is 24.3 Å². The normalized spacial score (nSPS) is 11.1. The van der Waals surface area contributed by atoms with Gasteiger partial charge in [-0.3, -0.25) is 4.79 Å². The number of benzene rings is 2. The second kappa shape index (κ2) is 10.1. The van der Waals surface area contributed by atoms with Gasteiger partial charge in [0.05, 0.1) is 13.7 Å². The standard InChI is InChI=1S/C21H20F2N4O3/c1-29-19-10-15(6-8-18(19)30-21(22)23)7-9-20(28)25-11-16-2-4-17(5-3-16)12-27-14-24-13-26-27/h2-10,13-14,21H,11-12H2,1H3,(H,25,28)/b9-7+. The molecule has 0 saturated heterocycles. The maximum absolute atomic E-state index is 12.4. The first-order valence-corrected chi connectivity index (χ1v) is 9.02. The second-order valence-corrected chi connectivity index (χ2v) is 6.25. The Hall–Kier alpha value is -3.75. The van der Waals surface area contributed by atoms with Gasteiger partial charge in [0.2, 0.25) is 5.91 Å². The van der Waals surface area contributed by atoms with Crippen LogP contribution in [-0.2, 0) is 17.9 Å². The van der Waals surface area contributed by atoms with Crippen molar-refractivity contribution in [3.05, 3.63) is 77.9 Å². The van der Waals surface area contributed by atoms with E-state index in [0.29, 0.717) is 18.7 Å². The molecule has 0 aliphatic carbocycles. The summed E-state index contributed by atoms with van der Waals surface area (Å²) in [6.07, 6.45) is 6.06. The van der Waals surface area contributed by atoms with Gasteiger partial charge in [-0.2, -0.15) is 13.9 Å². The Bertz CT molecular complexity index is 990. The zero-order chi connectivity index (χ0) is 21.3. The number of nitrogens with one attached hydrogen (secondary N) is 1. The predicted octanol–water partition coefficient (Wildman–Crippen LogP) is 3.27. The summed E-state index contributed by atoms with van der Waals surface area (Å²) in [5.41, 5.74) is 2.64. The van der Waals surface area contributed by atoms with Crippen LogP contribution in [0.4, 0.5) is 8.78 Å². The van der Waals surface area contributed by atoms with Gasteiger partial charge in [-0.25, -0.2) is 9.67 Å². The van der Waals surface area contributed by atoms with E-state index in [4.69, 9.17) is 4.74 Å². The van der Waals surface area contributed by atoms with Crippen LogP contribution >= 0.6 is 0 Å². The smallest absolute Gasteiger partial charge is 0.387 e. The van der Waals surface area contributed by atoms with Crippen molar-refractivity contribution in [1.82, 2.24) is 20.1 Å². The third kappa shape index (κ3) is 6.13. The van der Waals surface area contributed by atoms with E-state index in [1.54, 1.807) is 23.2 Å². The number of amides is 1. The SMILES string of the molecule is COc1cc(/C=C/C(=O)NCc2ccc(Cn3cncn3)cc2)ccc1OC(F)F. The highest BCUT2D eigenvalue weighted by Crippen LogP contribution is 2.29. The molecule has 30 heavy (non-hydrogen) atoms. The molecule has 0 atom stereocenters. The summed E-state index contributed by atoms with van der Waals surface area (Å²) in [5, 5.41) is 6.85. The molecule has 1 aromatic heterocycles. The Morgan fingerprint density at radius 2 is 1.93 bits per heavy atom. The zero-order valence-electron chi connectivity index (χ0n) is 16.2. The highest BCUT2D eigenvalue weighted by atomic mass is 19.3. The van der Waals surface area contributed by atoms with E-state index in [-0.39, 0.29) is 17.4 Å². The monoisotopic (exact) mass is 414 g/mol. The summed E-state index contributed by atoms with van der Waals surface area (Å²) >= 11 is 0. The quantitative estimate of drug-likeness (QED) is 0.544. The number of carbonyl (C=O) groups is 1. The lowest BCUT2D eigenvalue weighted by molar-refractivity contribution is -0.116. The molecule has 1 N–H and O–H groups in total. The number of halogens is 2. The minimum atomic E-state index is -2.94. The lowest BCUT2D eigenvalue weighted by Crippen LogP contribution is -2.20. The number of alkyl halides is 2. The summed E-state index contributed by atoms with van der Waals surface area (Å²) in [4.78, 5) is 16.0. The summed E-state index contributed by atoms with van der Waals surface area (Å²) in [6, 6.07) is 12.2. The number of rotatable bonds is 9. The number of hydrogen-bond acceptors (Lipinski definition) is 5. The van der Waals surface area contributed by atoms with E-state index >= 15 is 0 Å². The van der Waals surface area contributed by atoms with Crippen LogP contribution in [0.2, 0.25) is 0 Å². The molecule has 1 heterocycles. The van der Waals surface area contributed by atoms with Gasteiger partial charge in [-0.15, -0.1) is 0 Å². The van der Waals surface area contributed by atoms with Crippen molar-refractivity contribution in [3.63, 3.8) is 0 Å². The average molecular weight is 414 g/mol. The molecular formula is C21H20F2N4O3. The van der Waals surface area contributed by atoms with E-state index < -0.39 is 6.61 Å². The van der Waals surface area contributed by atoms with Crippen molar-refractivity contribution in [2.75, 3.05) is 7.11 Å². The fourth-order valence-corrected chi connectivity index (χ4v) is 2.67. The van der Waals surface area contributed by atoms with Crippen molar-refractivity contribution < 1.29 is 23.0 Å². The van der Waals surface area contributed by atoms with Crippen LogP contribution in [0.15, 0.2) is 61.2 Å². The molecule has 3 rings (SSSR count). The van der Waals surface area contributed by atoms with Crippen molar-refractivity contribution in [1.29, 1.82) is 0 Å². The van der Waals surface area contributed by atoms with Gasteiger partial charge in [-0.05, 0) is 34.9 Å². The predicted molar refractivity (Wildman–Crippen MR) is 106 cm³/mol. The summed E-state index contributed by atoms with van der Waals surface area (Å²) in [7, 11) is 1.35. The van der Waals surface area contributed by atoms with Crippen molar-refractivity contribution in [2.24, 2.45) is 0 Å². The summed E-state index contributed by atoms with van der Waals surface area (Å²) in [6.45, 7) is -1.94. The summed E-state index contributed by atoms with van der Waals surface area (Å²) in [5.74, 6) is -0.196. The van der Waals surface area contributed by atoms with E-state index in [9.17, 15) is 13.6 Å². The molecule has 3 aromatic rings. The first-order valence-electron chi connectivity index (χ1n) is 9.02. The molecule has 1 amide bonds. The zero-order valence-corrected chi connectivity index (χ0v) is 16.2. The van der Waals surface area contributed by atoms with Crippen LogP contribution < -0.4 is 14.8 Å². The number of hydrogen-bond donors (Lipinski definition) is 1. The van der Waals surface area contributed by atoms with Gasteiger partial charge in [0.1, 0.15) is 12.7 Å². The number of ether oxygens (including phenoxy) is 2. The Labute approximate surface area is 172 Å². The molecule has 0 fully saturated rings. The molecule has 0 bridgehead atoms. The lowest BCUT2D eigenvalue weighted by Gasteiger charge is -2.10. The van der Waals surface area contributed by atoms with E-state index in [1.165, 1.54) is 31.6 Å². The minimum Gasteiger partial charge on any atom is -0.493 e. The van der Waals surface area contributed by atoms with Crippen LogP contribution in [0.1, 0.15) is 16.7 Å². The Kier molecular flexibility index (Phi) is 7.09. The molecule has 9 heteroatoms. The third-order valence-corrected chi connectivity index (χ3v) is 4.13. The Morgan fingerprint density at radius 3 is 2.60 bits per heavy atom. The van der Waals surface area contributed by atoms with E-state index in [0.717, 1.165) is 11.1 Å². The molecule has 7 nitrogen and oxygen atoms in total. The number of nitrogens with zero attached hydrogens (tertiary/aromatic N) is 3. The first kappa shape index (κ1) is 21.0. The molecule has 0 unspecified atom stereocenters. The Morgan fingerprint density at radius 1 is 1.17 bits per heavy atom. The average Bonchev–Trinajstić information content (AvgIpc) is 3.25. The van der Waals surface area contributed by atoms with Gasteiger partial charge in [0.15, 0.2) is 11.5 Å². The van der Waals surface area contributed by atoms with Crippen molar-refractivity contribution in [3.8, 4) is 11.5 Å². The topological polar surface area (TPSA) is 78.3 Å². The van der Waals surface area contributed by atoms with Crippen molar-refractivity contribution >= 4 is 12.0 Å². The van der Waals surface area contributed by atoms with Crippen LogP contribution in [-0.4, -0.2) is 34.4 Å². The number of carbonyl (C=O) groups excluding carboxylic acids is 1. The molecule has 2 aromatic carbocycles. The fraction of sp³-hybridized carbons (Fsp3) is 0.190. The second-order valence-electron chi connectivity index (χ2n) is 6.25. The fourth-order valence-electron chi connectivity index (χ4n) is 2.67.